The van der Waals surface area contributed by atoms with Crippen molar-refractivity contribution in [3.05, 3.63) is 42.0 Å². The van der Waals surface area contributed by atoms with Crippen LogP contribution < -0.4 is 5.73 Å². The summed E-state index contributed by atoms with van der Waals surface area (Å²) in [6.45, 7) is 2.73. The second-order valence-corrected chi connectivity index (χ2v) is 6.64. The summed E-state index contributed by atoms with van der Waals surface area (Å²) in [5.41, 5.74) is 8.90. The Hall–Kier alpha value is -2.89. The highest BCUT2D eigenvalue weighted by atomic mass is 16.1. The summed E-state index contributed by atoms with van der Waals surface area (Å²) in [7, 11) is 0. The first-order valence-corrected chi connectivity index (χ1v) is 8.51. The maximum atomic E-state index is 11.9. The third-order valence-corrected chi connectivity index (χ3v) is 4.81. The van der Waals surface area contributed by atoms with Crippen LogP contribution in [0.25, 0.3) is 22.2 Å². The molecular weight excluding hydrogens is 316 g/mol. The molecule has 0 bridgehead atoms. The first-order chi connectivity index (χ1) is 12.0. The summed E-state index contributed by atoms with van der Waals surface area (Å²) in [5, 5.41) is 0.776. The molecule has 6 nitrogen and oxygen atoms in total. The number of benzene rings is 1. The normalized spacial score (nSPS) is 13.8. The van der Waals surface area contributed by atoms with Crippen molar-refractivity contribution in [1.82, 2.24) is 14.1 Å². The minimum absolute atomic E-state index is 0.0295. The van der Waals surface area contributed by atoms with E-state index in [9.17, 15) is 9.59 Å². The number of rotatable bonds is 4. The number of nitrogens with zero attached hydrogens (tertiary/aromatic N) is 3. The molecule has 0 saturated heterocycles. The van der Waals surface area contributed by atoms with Gasteiger partial charge in [0.2, 0.25) is 0 Å². The van der Waals surface area contributed by atoms with Crippen LogP contribution in [0.5, 0.6) is 0 Å². The van der Waals surface area contributed by atoms with E-state index < -0.39 is 5.91 Å². The van der Waals surface area contributed by atoms with Crippen molar-refractivity contribution in [3.63, 3.8) is 0 Å². The van der Waals surface area contributed by atoms with Gasteiger partial charge >= 0.3 is 0 Å². The van der Waals surface area contributed by atoms with Crippen molar-refractivity contribution in [2.24, 2.45) is 5.73 Å². The summed E-state index contributed by atoms with van der Waals surface area (Å²) in [6, 6.07) is 5.94. The van der Waals surface area contributed by atoms with Gasteiger partial charge in [0.25, 0.3) is 5.91 Å². The van der Waals surface area contributed by atoms with Gasteiger partial charge in [-0.25, -0.2) is 4.98 Å². The highest BCUT2D eigenvalue weighted by Crippen LogP contribution is 2.30. The summed E-state index contributed by atoms with van der Waals surface area (Å²) < 4.78 is 4.04. The van der Waals surface area contributed by atoms with Gasteiger partial charge in [-0.05, 0) is 31.9 Å². The van der Waals surface area contributed by atoms with Gasteiger partial charge in [-0.15, -0.1) is 0 Å². The lowest BCUT2D eigenvalue weighted by molar-refractivity contribution is -0.117. The average Bonchev–Trinajstić information content (AvgIpc) is 3.16. The second-order valence-electron chi connectivity index (χ2n) is 6.64. The molecule has 0 aliphatic carbocycles. The molecule has 2 N–H and O–H groups in total. The molecule has 1 aliphatic heterocycles. The fourth-order valence-electron chi connectivity index (χ4n) is 3.67. The molecule has 0 spiro atoms. The van der Waals surface area contributed by atoms with Crippen molar-refractivity contribution in [3.8, 4) is 11.3 Å². The van der Waals surface area contributed by atoms with Gasteiger partial charge in [0.1, 0.15) is 11.6 Å². The van der Waals surface area contributed by atoms with Crippen molar-refractivity contribution >= 4 is 22.6 Å². The van der Waals surface area contributed by atoms with Gasteiger partial charge in [-0.2, -0.15) is 0 Å². The van der Waals surface area contributed by atoms with E-state index in [4.69, 9.17) is 5.73 Å². The molecule has 2 aromatic heterocycles. The van der Waals surface area contributed by atoms with E-state index in [0.29, 0.717) is 5.56 Å². The molecule has 0 fully saturated rings. The summed E-state index contributed by atoms with van der Waals surface area (Å²) in [6.07, 6.45) is 6.90. The number of imidazole rings is 1. The fraction of sp³-hybridized carbons (Fsp3) is 0.316. The molecule has 3 aromatic rings. The number of aromatic nitrogens is 3. The van der Waals surface area contributed by atoms with Gasteiger partial charge < -0.3 is 14.9 Å². The van der Waals surface area contributed by atoms with Crippen molar-refractivity contribution < 1.29 is 9.59 Å². The zero-order valence-corrected chi connectivity index (χ0v) is 14.2. The van der Waals surface area contributed by atoms with Crippen LogP contribution in [0.3, 0.4) is 0 Å². The summed E-state index contributed by atoms with van der Waals surface area (Å²) >= 11 is 0. The van der Waals surface area contributed by atoms with Gasteiger partial charge in [0, 0.05) is 35.6 Å². The quantitative estimate of drug-likeness (QED) is 0.795. The van der Waals surface area contributed by atoms with Gasteiger partial charge in [-0.3, -0.25) is 9.59 Å². The van der Waals surface area contributed by atoms with Crippen LogP contribution >= 0.6 is 0 Å². The van der Waals surface area contributed by atoms with E-state index in [1.54, 1.807) is 10.8 Å². The zero-order valence-electron chi connectivity index (χ0n) is 14.2. The topological polar surface area (TPSA) is 82.9 Å². The zero-order chi connectivity index (χ0) is 17.6. The molecule has 4 rings (SSSR count). The van der Waals surface area contributed by atoms with Crippen LogP contribution in [0.2, 0.25) is 0 Å². The van der Waals surface area contributed by atoms with Crippen molar-refractivity contribution in [2.75, 3.05) is 0 Å². The Balaban J connectivity index is 1.87. The molecule has 128 valence electrons. The van der Waals surface area contributed by atoms with E-state index in [0.717, 1.165) is 47.4 Å². The number of Topliss-reactive ketones (excluding diaryl/α,β-unsaturated/α-hetero) is 1. The largest absolute Gasteiger partial charge is 0.366 e. The van der Waals surface area contributed by atoms with Crippen LogP contribution in [-0.4, -0.2) is 25.8 Å². The first kappa shape index (κ1) is 15.6. The Morgan fingerprint density at radius 3 is 2.88 bits per heavy atom. The number of fused-ring (bicyclic) bond motifs is 2. The molecule has 6 heteroatoms. The molecule has 3 heterocycles. The summed E-state index contributed by atoms with van der Waals surface area (Å²) in [4.78, 5) is 27.9. The molecule has 0 atom stereocenters. The lowest BCUT2D eigenvalue weighted by Crippen LogP contribution is -2.11. The van der Waals surface area contributed by atoms with E-state index >= 15 is 0 Å². The van der Waals surface area contributed by atoms with E-state index in [1.807, 2.05) is 24.4 Å². The van der Waals surface area contributed by atoms with Crippen LogP contribution in [0.4, 0.5) is 0 Å². The third-order valence-electron chi connectivity index (χ3n) is 4.81. The number of aryl methyl sites for hydroxylation is 1. The van der Waals surface area contributed by atoms with Gasteiger partial charge in [-0.1, -0.05) is 6.07 Å². The van der Waals surface area contributed by atoms with Gasteiger partial charge in [0.05, 0.1) is 24.0 Å². The fourth-order valence-corrected chi connectivity index (χ4v) is 3.67. The number of hydrogen-bond donors (Lipinski definition) is 1. The van der Waals surface area contributed by atoms with Crippen molar-refractivity contribution in [2.45, 2.75) is 39.3 Å². The predicted octanol–water partition coefficient (Wildman–Crippen LogP) is 2.53. The van der Waals surface area contributed by atoms with E-state index in [1.165, 1.54) is 13.3 Å². The highest BCUT2D eigenvalue weighted by Gasteiger charge is 2.18. The van der Waals surface area contributed by atoms with Crippen LogP contribution in [0.1, 0.15) is 35.9 Å². The van der Waals surface area contributed by atoms with Crippen molar-refractivity contribution in [1.29, 1.82) is 0 Å². The maximum Gasteiger partial charge on any atom is 0.250 e. The predicted molar refractivity (Wildman–Crippen MR) is 95.3 cm³/mol. The standard InChI is InChI=1S/C19H20N4O2/c1-12(24)10-22-11-15(19(20)25)14-8-13(5-6-16(14)22)17-9-21-18-4-2-3-7-23(17)18/h5-6,8-9,11H,2-4,7,10H2,1H3,(H2,20,25). The van der Waals surface area contributed by atoms with Crippen LogP contribution in [0.15, 0.2) is 30.6 Å². The molecule has 25 heavy (non-hydrogen) atoms. The Kier molecular flexibility index (Phi) is 3.67. The number of nitrogens with two attached hydrogens (primary N) is 1. The lowest BCUT2D eigenvalue weighted by Gasteiger charge is -2.16. The Labute approximate surface area is 145 Å². The third kappa shape index (κ3) is 2.63. The number of carbonyl (C=O) groups excluding carboxylic acids is 2. The Morgan fingerprint density at radius 2 is 2.12 bits per heavy atom. The number of hydrogen-bond acceptors (Lipinski definition) is 3. The first-order valence-electron chi connectivity index (χ1n) is 8.51. The molecule has 1 amide bonds. The number of carbonyl (C=O) groups is 2. The molecule has 0 saturated carbocycles. The minimum Gasteiger partial charge on any atom is -0.366 e. The number of ketones is 1. The van der Waals surface area contributed by atoms with E-state index in [2.05, 4.69) is 9.55 Å². The number of primary amides is 1. The van der Waals surface area contributed by atoms with E-state index in [-0.39, 0.29) is 12.3 Å². The Morgan fingerprint density at radius 1 is 1.28 bits per heavy atom. The molecule has 0 unspecified atom stereocenters. The monoisotopic (exact) mass is 336 g/mol. The minimum atomic E-state index is -0.486. The molecule has 0 radical (unpaired) electrons. The number of amides is 1. The summed E-state index contributed by atoms with van der Waals surface area (Å²) in [5.74, 6) is 0.659. The van der Waals surface area contributed by atoms with Crippen LogP contribution in [-0.2, 0) is 24.3 Å². The molecule has 1 aliphatic rings. The second kappa shape index (κ2) is 5.88. The maximum absolute atomic E-state index is 11.9. The molecular formula is C19H20N4O2. The molecule has 1 aromatic carbocycles. The lowest BCUT2D eigenvalue weighted by atomic mass is 10.1. The van der Waals surface area contributed by atoms with Crippen LogP contribution in [0, 0.1) is 0 Å². The highest BCUT2D eigenvalue weighted by molar-refractivity contribution is 6.07. The smallest absolute Gasteiger partial charge is 0.250 e. The van der Waals surface area contributed by atoms with Gasteiger partial charge in [0.15, 0.2) is 0 Å². The Bertz CT molecular complexity index is 996. The SMILES string of the molecule is CC(=O)Cn1cc(C(N)=O)c2cc(-c3cnc4n3CCCC4)ccc21. The average molecular weight is 336 g/mol.